The van der Waals surface area contributed by atoms with Gasteiger partial charge in [0.2, 0.25) is 0 Å². The molecule has 0 aliphatic rings. The molecule has 0 saturated heterocycles. The van der Waals surface area contributed by atoms with E-state index in [1.165, 1.54) is 6.08 Å². The topological polar surface area (TPSA) is 0 Å². The van der Waals surface area contributed by atoms with Crippen molar-refractivity contribution in [1.82, 2.24) is 0 Å². The quantitative estimate of drug-likeness (QED) is 0.434. The maximum Gasteiger partial charge on any atom is 0 e. The van der Waals surface area contributed by atoms with E-state index >= 15 is 0 Å². The zero-order valence-corrected chi connectivity index (χ0v) is 4.90. The third-order valence-corrected chi connectivity index (χ3v) is 0. The van der Waals surface area contributed by atoms with E-state index in [-0.39, 0.29) is 29.8 Å². The summed E-state index contributed by atoms with van der Waals surface area (Å²) in [4.78, 5) is 0. The summed E-state index contributed by atoms with van der Waals surface area (Å²) in [6, 6.07) is 0. The largest absolute Gasteiger partial charge is 0.245 e. The molecule has 5 heavy (non-hydrogen) atoms. The standard InChI is InChI=1S/C3H5.ClH.Cr/c1-3-2;;/h3H,1-2H2;1H;/q-1;;. The van der Waals surface area contributed by atoms with Crippen LogP contribution in [0.25, 0.3) is 0 Å². The average molecular weight is 130 g/mol. The van der Waals surface area contributed by atoms with Crippen molar-refractivity contribution in [3.63, 3.8) is 0 Å². The number of hydrogen-bond acceptors (Lipinski definition) is 0. The van der Waals surface area contributed by atoms with Crippen LogP contribution in [0.1, 0.15) is 0 Å². The molecule has 0 nitrogen and oxygen atoms in total. The number of allylic oxidation sites excluding steroid dienone is 1. The summed E-state index contributed by atoms with van der Waals surface area (Å²) in [5.74, 6) is 0. The Morgan fingerprint density at radius 1 is 1.60 bits per heavy atom. The molecule has 0 N–H and O–H groups in total. The van der Waals surface area contributed by atoms with Crippen LogP contribution >= 0.6 is 12.4 Å². The van der Waals surface area contributed by atoms with Crippen molar-refractivity contribution in [2.24, 2.45) is 0 Å². The van der Waals surface area contributed by atoms with Gasteiger partial charge in [-0.05, 0) is 0 Å². The van der Waals surface area contributed by atoms with Crippen molar-refractivity contribution < 1.29 is 17.4 Å². The molecule has 0 atom stereocenters. The molecule has 0 aromatic rings. The van der Waals surface area contributed by atoms with Crippen LogP contribution in [-0.4, -0.2) is 0 Å². The van der Waals surface area contributed by atoms with Crippen LogP contribution in [0.2, 0.25) is 0 Å². The summed E-state index contributed by atoms with van der Waals surface area (Å²) in [5.41, 5.74) is 0. The van der Waals surface area contributed by atoms with E-state index in [9.17, 15) is 0 Å². The van der Waals surface area contributed by atoms with Crippen molar-refractivity contribution in [1.29, 1.82) is 0 Å². The summed E-state index contributed by atoms with van der Waals surface area (Å²) in [5, 5.41) is 0. The van der Waals surface area contributed by atoms with Crippen molar-refractivity contribution >= 4 is 12.4 Å². The van der Waals surface area contributed by atoms with Crippen LogP contribution in [0.15, 0.2) is 12.7 Å². The maximum atomic E-state index is 3.25. The van der Waals surface area contributed by atoms with Gasteiger partial charge in [0.25, 0.3) is 0 Å². The molecule has 0 unspecified atom stereocenters. The SMILES string of the molecule is C=C[CH2-].Cl.[Cr]. The van der Waals surface area contributed by atoms with E-state index in [0.29, 0.717) is 0 Å². The Bertz CT molecular complexity index is 14.4. The summed E-state index contributed by atoms with van der Waals surface area (Å²) in [7, 11) is 0. The Morgan fingerprint density at radius 3 is 1.60 bits per heavy atom. The molecule has 0 aliphatic carbocycles. The molecule has 0 radical (unpaired) electrons. The van der Waals surface area contributed by atoms with Gasteiger partial charge in [0.05, 0.1) is 0 Å². The van der Waals surface area contributed by atoms with E-state index in [4.69, 9.17) is 0 Å². The Labute approximate surface area is 49.8 Å². The van der Waals surface area contributed by atoms with Crippen LogP contribution in [-0.2, 0) is 17.4 Å². The molecule has 0 fully saturated rings. The molecule has 0 saturated carbocycles. The molecule has 2 heteroatoms. The van der Waals surface area contributed by atoms with Crippen LogP contribution < -0.4 is 0 Å². The second-order valence-electron chi connectivity index (χ2n) is 0.289. The zero-order valence-electron chi connectivity index (χ0n) is 2.81. The van der Waals surface area contributed by atoms with Crippen molar-refractivity contribution in [2.45, 2.75) is 0 Å². The first-order chi connectivity index (χ1) is 1.41. The molecule has 0 aromatic carbocycles. The van der Waals surface area contributed by atoms with E-state index < -0.39 is 0 Å². The van der Waals surface area contributed by atoms with Crippen LogP contribution in [0.3, 0.4) is 0 Å². The fraction of sp³-hybridized carbons (Fsp3) is 0. The van der Waals surface area contributed by atoms with Gasteiger partial charge in [-0.3, -0.25) is 0 Å². The second kappa shape index (κ2) is 25.5. The Hall–Kier alpha value is 0.432. The molecule has 0 spiro atoms. The molecule has 0 amide bonds. The summed E-state index contributed by atoms with van der Waals surface area (Å²) >= 11 is 0. The number of hydrogen-bond donors (Lipinski definition) is 0. The minimum Gasteiger partial charge on any atom is -0.245 e. The molecule has 0 aliphatic heterocycles. The Morgan fingerprint density at radius 2 is 1.60 bits per heavy atom. The normalized spacial score (nSPS) is 2.40. The van der Waals surface area contributed by atoms with Gasteiger partial charge in [-0.25, -0.2) is 19.6 Å². The van der Waals surface area contributed by atoms with E-state index in [1.807, 2.05) is 0 Å². The third kappa shape index (κ3) is 140. The van der Waals surface area contributed by atoms with Crippen molar-refractivity contribution in [2.75, 3.05) is 0 Å². The summed E-state index contributed by atoms with van der Waals surface area (Å²) < 4.78 is 0. The Kier molecular flexibility index (Phi) is 91.8. The minimum absolute atomic E-state index is 0. The average Bonchev–Trinajstić information content (AvgIpc) is 0.918. The number of halogens is 1. The molecule has 0 rings (SSSR count). The molecule has 0 bridgehead atoms. The van der Waals surface area contributed by atoms with Crippen LogP contribution in [0, 0.1) is 6.92 Å². The van der Waals surface area contributed by atoms with Gasteiger partial charge in [0.1, 0.15) is 0 Å². The molecular formula is C3H6ClCr-. The van der Waals surface area contributed by atoms with Gasteiger partial charge in [-0.15, -0.1) is 12.4 Å². The van der Waals surface area contributed by atoms with Gasteiger partial charge in [-0.2, -0.15) is 0 Å². The van der Waals surface area contributed by atoms with E-state index in [0.717, 1.165) is 0 Å². The van der Waals surface area contributed by atoms with E-state index in [1.54, 1.807) is 0 Å². The predicted octanol–water partition coefficient (Wildman–Crippen LogP) is 1.43. The van der Waals surface area contributed by atoms with Crippen LogP contribution in [0.5, 0.6) is 0 Å². The van der Waals surface area contributed by atoms with E-state index in [2.05, 4.69) is 13.5 Å². The first-order valence-electron chi connectivity index (χ1n) is 0.816. The molecule has 0 heterocycles. The first-order valence-corrected chi connectivity index (χ1v) is 0.816. The minimum atomic E-state index is 0. The van der Waals surface area contributed by atoms with Gasteiger partial charge < -0.3 is 0 Å². The predicted molar refractivity (Wildman–Crippen MR) is 22.8 cm³/mol. The van der Waals surface area contributed by atoms with Gasteiger partial charge >= 0.3 is 0 Å². The van der Waals surface area contributed by atoms with Crippen molar-refractivity contribution in [3.05, 3.63) is 19.6 Å². The number of rotatable bonds is 0. The second-order valence-corrected chi connectivity index (χ2v) is 0.289. The van der Waals surface area contributed by atoms with Gasteiger partial charge in [-0.1, -0.05) is 0 Å². The Balaban J connectivity index is -0.0000000200. The molecular weight excluding hydrogens is 123 g/mol. The molecule has 32 valence electrons. The van der Waals surface area contributed by atoms with Gasteiger partial charge in [0.15, 0.2) is 0 Å². The maximum absolute atomic E-state index is 3.25. The van der Waals surface area contributed by atoms with Gasteiger partial charge in [0, 0.05) is 17.4 Å². The fourth-order valence-corrected chi connectivity index (χ4v) is 0. The van der Waals surface area contributed by atoms with Crippen molar-refractivity contribution in [3.8, 4) is 0 Å². The summed E-state index contributed by atoms with van der Waals surface area (Å²) in [6.45, 7) is 6.50. The smallest absolute Gasteiger partial charge is 0 e. The zero-order chi connectivity index (χ0) is 2.71. The monoisotopic (exact) mass is 129 g/mol. The molecule has 0 aromatic heterocycles. The third-order valence-electron chi connectivity index (χ3n) is 0. The van der Waals surface area contributed by atoms with Crippen LogP contribution in [0.4, 0.5) is 0 Å². The fourth-order valence-electron chi connectivity index (χ4n) is 0. The first kappa shape index (κ1) is 18.0. The summed E-state index contributed by atoms with van der Waals surface area (Å²) in [6.07, 6.45) is 1.50.